The van der Waals surface area contributed by atoms with Crippen LogP contribution in [0.2, 0.25) is 0 Å². The summed E-state index contributed by atoms with van der Waals surface area (Å²) in [7, 11) is 0. The van der Waals surface area contributed by atoms with E-state index in [0.717, 1.165) is 23.4 Å². The van der Waals surface area contributed by atoms with E-state index in [2.05, 4.69) is 20.6 Å². The highest BCUT2D eigenvalue weighted by Crippen LogP contribution is 2.36. The van der Waals surface area contributed by atoms with Crippen LogP contribution in [0.5, 0.6) is 0 Å². The summed E-state index contributed by atoms with van der Waals surface area (Å²) < 4.78 is 7.41. The first-order chi connectivity index (χ1) is 14.8. The van der Waals surface area contributed by atoms with Gasteiger partial charge in [-0.15, -0.1) is 16.4 Å². The summed E-state index contributed by atoms with van der Waals surface area (Å²) in [6, 6.07) is 8.00. The molecular formula is C20H22N6O2S2. The van der Waals surface area contributed by atoms with Crippen molar-refractivity contribution in [2.45, 2.75) is 55.8 Å². The van der Waals surface area contributed by atoms with E-state index in [1.165, 1.54) is 31.0 Å². The van der Waals surface area contributed by atoms with Crippen LogP contribution in [0.3, 0.4) is 0 Å². The molecule has 0 radical (unpaired) electrons. The molecule has 0 N–H and O–H groups in total. The second-order valence-corrected chi connectivity index (χ2v) is 9.41. The van der Waals surface area contributed by atoms with Crippen LogP contribution < -0.4 is 0 Å². The molecule has 3 aromatic rings. The molecule has 0 aromatic carbocycles. The van der Waals surface area contributed by atoms with Gasteiger partial charge in [0.25, 0.3) is 5.91 Å². The second-order valence-electron chi connectivity index (χ2n) is 7.48. The lowest BCUT2D eigenvalue weighted by Crippen LogP contribution is -2.28. The van der Waals surface area contributed by atoms with Gasteiger partial charge in [0.1, 0.15) is 11.5 Å². The Bertz CT molecular complexity index is 1010. The Kier molecular flexibility index (Phi) is 5.67. The van der Waals surface area contributed by atoms with E-state index in [-0.39, 0.29) is 17.7 Å². The number of furan rings is 1. The molecule has 1 fully saturated rings. The van der Waals surface area contributed by atoms with Crippen LogP contribution in [0.15, 0.2) is 50.6 Å². The topological polar surface area (TPSA) is 89.4 Å². The van der Waals surface area contributed by atoms with E-state index in [1.807, 2.05) is 34.3 Å². The maximum absolute atomic E-state index is 13.1. The quantitative estimate of drug-likeness (QED) is 0.529. The Morgan fingerprint density at radius 2 is 2.13 bits per heavy atom. The molecule has 5 rings (SSSR count). The highest BCUT2D eigenvalue weighted by atomic mass is 32.2. The van der Waals surface area contributed by atoms with Crippen LogP contribution in [0, 0.1) is 0 Å². The number of hydrogen-bond acceptors (Lipinski definition) is 8. The highest BCUT2D eigenvalue weighted by molar-refractivity contribution is 7.99. The third kappa shape index (κ3) is 3.93. The van der Waals surface area contributed by atoms with Crippen LogP contribution in [0.4, 0.5) is 0 Å². The van der Waals surface area contributed by atoms with Crippen molar-refractivity contribution < 1.29 is 9.21 Å². The Morgan fingerprint density at radius 1 is 1.23 bits per heavy atom. The molecule has 0 spiro atoms. The fraction of sp³-hybridized carbons (Fsp3) is 0.450. The number of rotatable bonds is 6. The minimum absolute atomic E-state index is 0.0573. The highest BCUT2D eigenvalue weighted by Gasteiger charge is 2.35. The molecule has 156 valence electrons. The predicted molar refractivity (Wildman–Crippen MR) is 114 cm³/mol. The van der Waals surface area contributed by atoms with E-state index in [1.54, 1.807) is 22.6 Å². The lowest BCUT2D eigenvalue weighted by Gasteiger charge is -2.22. The summed E-state index contributed by atoms with van der Waals surface area (Å²) in [5.41, 5.74) is 0.795. The molecule has 0 saturated heterocycles. The van der Waals surface area contributed by atoms with Gasteiger partial charge in [-0.25, -0.2) is 9.69 Å². The van der Waals surface area contributed by atoms with Crippen molar-refractivity contribution in [3.05, 3.63) is 46.5 Å². The summed E-state index contributed by atoms with van der Waals surface area (Å²) >= 11 is 3.02. The van der Waals surface area contributed by atoms with Gasteiger partial charge in [0.2, 0.25) is 5.16 Å². The molecule has 4 heterocycles. The van der Waals surface area contributed by atoms with E-state index >= 15 is 0 Å². The maximum atomic E-state index is 13.1. The van der Waals surface area contributed by atoms with Crippen LogP contribution >= 0.6 is 23.1 Å². The monoisotopic (exact) mass is 442 g/mol. The number of nitrogens with zero attached hydrogens (tertiary/aromatic N) is 6. The lowest BCUT2D eigenvalue weighted by atomic mass is 9.96. The van der Waals surface area contributed by atoms with Crippen molar-refractivity contribution in [1.29, 1.82) is 0 Å². The molecule has 1 saturated carbocycles. The number of hydrazone groups is 1. The number of amides is 1. The number of aromatic nitrogens is 4. The number of thiophene rings is 1. The average Bonchev–Trinajstić information content (AvgIpc) is 3.57. The summed E-state index contributed by atoms with van der Waals surface area (Å²) in [5.74, 6) is 0.892. The third-order valence-corrected chi connectivity index (χ3v) is 7.44. The summed E-state index contributed by atoms with van der Waals surface area (Å²) in [6.45, 7) is 0. The third-order valence-electron chi connectivity index (χ3n) is 5.55. The molecule has 1 amide bonds. The molecular weight excluding hydrogens is 420 g/mol. The van der Waals surface area contributed by atoms with Crippen molar-refractivity contribution in [2.75, 3.05) is 5.75 Å². The molecule has 1 unspecified atom stereocenters. The zero-order valence-corrected chi connectivity index (χ0v) is 18.0. The van der Waals surface area contributed by atoms with E-state index in [4.69, 9.17) is 4.42 Å². The zero-order chi connectivity index (χ0) is 20.3. The van der Waals surface area contributed by atoms with Gasteiger partial charge in [0, 0.05) is 11.3 Å². The molecule has 8 nitrogen and oxygen atoms in total. The normalized spacial score (nSPS) is 19.9. The Hall–Kier alpha value is -2.46. The zero-order valence-electron chi connectivity index (χ0n) is 16.4. The lowest BCUT2D eigenvalue weighted by molar-refractivity contribution is -0.130. The van der Waals surface area contributed by atoms with Crippen molar-refractivity contribution in [3.8, 4) is 0 Å². The molecule has 1 atom stereocenters. The van der Waals surface area contributed by atoms with Crippen molar-refractivity contribution in [3.63, 3.8) is 0 Å². The second kappa shape index (κ2) is 8.73. The molecule has 2 aliphatic rings. The molecule has 0 bridgehead atoms. The largest absolute Gasteiger partial charge is 0.463 e. The first kappa shape index (κ1) is 19.5. The minimum Gasteiger partial charge on any atom is -0.463 e. The van der Waals surface area contributed by atoms with Crippen LogP contribution in [-0.2, 0) is 4.79 Å². The van der Waals surface area contributed by atoms with Crippen molar-refractivity contribution >= 4 is 34.7 Å². The number of tetrazole rings is 1. The fourth-order valence-corrected chi connectivity index (χ4v) is 5.67. The van der Waals surface area contributed by atoms with Gasteiger partial charge >= 0.3 is 0 Å². The molecule has 1 aliphatic heterocycles. The van der Waals surface area contributed by atoms with Gasteiger partial charge in [-0.1, -0.05) is 37.1 Å². The first-order valence-corrected chi connectivity index (χ1v) is 12.0. The van der Waals surface area contributed by atoms with Crippen LogP contribution in [-0.4, -0.2) is 42.6 Å². The average molecular weight is 443 g/mol. The van der Waals surface area contributed by atoms with Gasteiger partial charge in [-0.2, -0.15) is 5.10 Å². The standard InChI is InChI=1S/C20H22N6O2S2/c27-19(13-30-20-21-23-24-25(20)14-6-2-1-3-7-14)26-16(18-9-5-11-29-18)12-15(22-26)17-8-4-10-28-17/h4-5,8-11,14,16H,1-3,6-7,12-13H2. The number of hydrogen-bond donors (Lipinski definition) is 0. The van der Waals surface area contributed by atoms with Gasteiger partial charge in [-0.3, -0.25) is 4.79 Å². The summed E-state index contributed by atoms with van der Waals surface area (Å²) in [4.78, 5) is 14.3. The van der Waals surface area contributed by atoms with E-state index < -0.39 is 0 Å². The van der Waals surface area contributed by atoms with E-state index in [0.29, 0.717) is 23.4 Å². The SMILES string of the molecule is O=C(CSc1nnnn1C1CCCCC1)N1N=C(c2ccco2)CC1c1cccs1. The predicted octanol–water partition coefficient (Wildman–Crippen LogP) is 4.30. The molecule has 3 aromatic heterocycles. The Labute approximate surface area is 182 Å². The first-order valence-electron chi connectivity index (χ1n) is 10.2. The fourth-order valence-electron chi connectivity index (χ4n) is 4.06. The van der Waals surface area contributed by atoms with Gasteiger partial charge < -0.3 is 4.42 Å². The van der Waals surface area contributed by atoms with Gasteiger partial charge in [0.05, 0.1) is 24.1 Å². The molecule has 1 aliphatic carbocycles. The van der Waals surface area contributed by atoms with Gasteiger partial charge in [-0.05, 0) is 46.8 Å². The molecule has 30 heavy (non-hydrogen) atoms. The van der Waals surface area contributed by atoms with Crippen molar-refractivity contribution in [1.82, 2.24) is 25.2 Å². The van der Waals surface area contributed by atoms with E-state index in [9.17, 15) is 4.79 Å². The molecule has 10 heteroatoms. The van der Waals surface area contributed by atoms with Gasteiger partial charge in [0.15, 0.2) is 0 Å². The van der Waals surface area contributed by atoms with Crippen LogP contribution in [0.25, 0.3) is 0 Å². The Morgan fingerprint density at radius 3 is 2.90 bits per heavy atom. The maximum Gasteiger partial charge on any atom is 0.253 e. The minimum atomic E-state index is -0.104. The van der Waals surface area contributed by atoms with Crippen LogP contribution in [0.1, 0.15) is 61.2 Å². The number of carbonyl (C=O) groups is 1. The smallest absolute Gasteiger partial charge is 0.253 e. The Balaban J connectivity index is 1.31. The summed E-state index contributed by atoms with van der Waals surface area (Å²) in [5, 5.41) is 21.2. The van der Waals surface area contributed by atoms with Crippen molar-refractivity contribution in [2.24, 2.45) is 5.10 Å². The number of carbonyl (C=O) groups excluding carboxylic acids is 1. The summed E-state index contributed by atoms with van der Waals surface area (Å²) in [6.07, 6.45) is 8.14. The number of thioether (sulfide) groups is 1.